The molecular formula is C11H8BrF3N2. The minimum Gasteiger partial charge on any atom is -0.333 e. The van der Waals surface area contributed by atoms with Gasteiger partial charge in [-0.3, -0.25) is 0 Å². The molecule has 6 heteroatoms. The van der Waals surface area contributed by atoms with E-state index in [0.29, 0.717) is 4.60 Å². The van der Waals surface area contributed by atoms with Gasteiger partial charge in [0.2, 0.25) is 0 Å². The molecule has 17 heavy (non-hydrogen) atoms. The Kier molecular flexibility index (Phi) is 2.99. The van der Waals surface area contributed by atoms with Gasteiger partial charge in [0, 0.05) is 18.8 Å². The number of rotatable bonds is 1. The lowest BCUT2D eigenvalue weighted by Crippen LogP contribution is -2.08. The second-order valence-electron chi connectivity index (χ2n) is 3.54. The summed E-state index contributed by atoms with van der Waals surface area (Å²) in [6, 6.07) is 5.40. The van der Waals surface area contributed by atoms with E-state index in [1.807, 2.05) is 0 Å². The minimum absolute atomic E-state index is 0.0770. The van der Waals surface area contributed by atoms with E-state index >= 15 is 0 Å². The highest BCUT2D eigenvalue weighted by Crippen LogP contribution is 2.36. The van der Waals surface area contributed by atoms with Crippen LogP contribution in [0.4, 0.5) is 13.2 Å². The first kappa shape index (κ1) is 12.2. The summed E-state index contributed by atoms with van der Waals surface area (Å²) in [7, 11) is 1.65. The highest BCUT2D eigenvalue weighted by atomic mass is 79.9. The van der Waals surface area contributed by atoms with Crippen molar-refractivity contribution in [1.82, 2.24) is 9.55 Å². The van der Waals surface area contributed by atoms with Crippen LogP contribution in [-0.2, 0) is 13.2 Å². The molecule has 0 radical (unpaired) electrons. The summed E-state index contributed by atoms with van der Waals surface area (Å²) in [4.78, 5) is 4.03. The van der Waals surface area contributed by atoms with Crippen LogP contribution in [0.15, 0.2) is 35.1 Å². The van der Waals surface area contributed by atoms with E-state index in [9.17, 15) is 13.2 Å². The molecule has 2 rings (SSSR count). The molecule has 0 saturated carbocycles. The van der Waals surface area contributed by atoms with Crippen molar-refractivity contribution in [2.45, 2.75) is 6.18 Å². The molecule has 0 atom stereocenters. The van der Waals surface area contributed by atoms with Crippen molar-refractivity contribution in [3.8, 4) is 11.4 Å². The fraction of sp³-hybridized carbons (Fsp3) is 0.182. The monoisotopic (exact) mass is 304 g/mol. The van der Waals surface area contributed by atoms with Gasteiger partial charge in [0.25, 0.3) is 0 Å². The molecule has 1 aromatic heterocycles. The maximum absolute atomic E-state index is 12.8. The Balaban J connectivity index is 2.64. The molecule has 2 nitrogen and oxygen atoms in total. The summed E-state index contributed by atoms with van der Waals surface area (Å²) >= 11 is 3.14. The summed E-state index contributed by atoms with van der Waals surface area (Å²) in [6.07, 6.45) is -2.77. The highest BCUT2D eigenvalue weighted by molar-refractivity contribution is 9.10. The molecule has 2 aromatic rings. The number of halogens is 4. The van der Waals surface area contributed by atoms with E-state index < -0.39 is 11.7 Å². The van der Waals surface area contributed by atoms with Gasteiger partial charge in [-0.15, -0.1) is 0 Å². The van der Waals surface area contributed by atoms with Crippen molar-refractivity contribution in [2.75, 3.05) is 0 Å². The smallest absolute Gasteiger partial charge is 0.333 e. The Bertz CT molecular complexity index is 546. The van der Waals surface area contributed by atoms with Crippen LogP contribution in [0.5, 0.6) is 0 Å². The normalized spacial score (nSPS) is 11.8. The zero-order valence-corrected chi connectivity index (χ0v) is 10.4. The summed E-state index contributed by atoms with van der Waals surface area (Å²) in [5.74, 6) is 0.282. The van der Waals surface area contributed by atoms with Gasteiger partial charge in [-0.05, 0) is 22.0 Å². The molecule has 0 saturated heterocycles. The Morgan fingerprint density at radius 1 is 1.24 bits per heavy atom. The standard InChI is InChI=1S/C11H8BrF3N2/c1-17-6-9(12)16-10(17)7-4-2-3-5-8(7)11(13,14)15/h2-6H,1H3. The van der Waals surface area contributed by atoms with Gasteiger partial charge in [0.1, 0.15) is 10.4 Å². The molecule has 0 amide bonds. The van der Waals surface area contributed by atoms with Gasteiger partial charge in [0.15, 0.2) is 0 Å². The lowest BCUT2D eigenvalue weighted by Gasteiger charge is -2.11. The quantitative estimate of drug-likeness (QED) is 0.782. The average molecular weight is 305 g/mol. The molecule has 90 valence electrons. The SMILES string of the molecule is Cn1cc(Br)nc1-c1ccccc1C(F)(F)F. The van der Waals surface area contributed by atoms with Crippen LogP contribution < -0.4 is 0 Å². The minimum atomic E-state index is -4.38. The maximum atomic E-state index is 12.8. The molecule has 0 aliphatic carbocycles. The van der Waals surface area contributed by atoms with Crippen molar-refractivity contribution in [2.24, 2.45) is 7.05 Å². The largest absolute Gasteiger partial charge is 0.417 e. The third kappa shape index (κ3) is 2.36. The van der Waals surface area contributed by atoms with Crippen molar-refractivity contribution in [3.63, 3.8) is 0 Å². The predicted molar refractivity (Wildman–Crippen MR) is 61.3 cm³/mol. The second kappa shape index (κ2) is 4.18. The Morgan fingerprint density at radius 2 is 1.88 bits per heavy atom. The van der Waals surface area contributed by atoms with Crippen LogP contribution in [0.25, 0.3) is 11.4 Å². The fourth-order valence-corrected chi connectivity index (χ4v) is 2.08. The van der Waals surface area contributed by atoms with Gasteiger partial charge in [0.05, 0.1) is 5.56 Å². The molecule has 0 bridgehead atoms. The highest BCUT2D eigenvalue weighted by Gasteiger charge is 2.34. The van der Waals surface area contributed by atoms with E-state index in [1.165, 1.54) is 12.1 Å². The first-order valence-corrected chi connectivity index (χ1v) is 5.54. The molecule has 0 fully saturated rings. The first-order valence-electron chi connectivity index (χ1n) is 4.75. The van der Waals surface area contributed by atoms with E-state index in [-0.39, 0.29) is 11.4 Å². The predicted octanol–water partition coefficient (Wildman–Crippen LogP) is 3.87. The van der Waals surface area contributed by atoms with Crippen LogP contribution in [0.3, 0.4) is 0 Å². The summed E-state index contributed by atoms with van der Waals surface area (Å²) in [5, 5.41) is 0. The summed E-state index contributed by atoms with van der Waals surface area (Å²) in [6.45, 7) is 0. The lowest BCUT2D eigenvalue weighted by atomic mass is 10.1. The molecule has 0 unspecified atom stereocenters. The fourth-order valence-electron chi connectivity index (χ4n) is 1.61. The van der Waals surface area contributed by atoms with Crippen LogP contribution in [0, 0.1) is 0 Å². The molecule has 0 N–H and O–H groups in total. The number of alkyl halides is 3. The van der Waals surface area contributed by atoms with E-state index in [2.05, 4.69) is 20.9 Å². The molecule has 1 heterocycles. The number of aromatic nitrogens is 2. The number of hydrogen-bond donors (Lipinski definition) is 0. The number of nitrogens with zero attached hydrogens (tertiary/aromatic N) is 2. The van der Waals surface area contributed by atoms with Crippen molar-refractivity contribution in [3.05, 3.63) is 40.6 Å². The number of benzene rings is 1. The zero-order valence-electron chi connectivity index (χ0n) is 8.79. The van der Waals surface area contributed by atoms with Gasteiger partial charge in [-0.2, -0.15) is 13.2 Å². The molecule has 0 spiro atoms. The van der Waals surface area contributed by atoms with Gasteiger partial charge >= 0.3 is 6.18 Å². The van der Waals surface area contributed by atoms with Crippen LogP contribution >= 0.6 is 15.9 Å². The molecule has 0 aliphatic heterocycles. The topological polar surface area (TPSA) is 17.8 Å². The first-order chi connectivity index (χ1) is 7.89. The summed E-state index contributed by atoms with van der Waals surface area (Å²) < 4.78 is 40.5. The van der Waals surface area contributed by atoms with Crippen molar-refractivity contribution in [1.29, 1.82) is 0 Å². The van der Waals surface area contributed by atoms with Crippen LogP contribution in [0.2, 0.25) is 0 Å². The molecule has 1 aromatic carbocycles. The number of imidazole rings is 1. The van der Waals surface area contributed by atoms with Crippen LogP contribution in [-0.4, -0.2) is 9.55 Å². The van der Waals surface area contributed by atoms with Gasteiger partial charge in [-0.1, -0.05) is 18.2 Å². The molecule has 0 aliphatic rings. The Hall–Kier alpha value is -1.30. The number of hydrogen-bond acceptors (Lipinski definition) is 1. The molecular weight excluding hydrogens is 297 g/mol. The van der Waals surface area contributed by atoms with Crippen molar-refractivity contribution >= 4 is 15.9 Å². The van der Waals surface area contributed by atoms with Crippen LogP contribution in [0.1, 0.15) is 5.56 Å². The van der Waals surface area contributed by atoms with Gasteiger partial charge < -0.3 is 4.57 Å². The zero-order chi connectivity index (χ0) is 12.6. The Labute approximate surface area is 104 Å². The van der Waals surface area contributed by atoms with Gasteiger partial charge in [-0.25, -0.2) is 4.98 Å². The number of aryl methyl sites for hydroxylation is 1. The lowest BCUT2D eigenvalue weighted by molar-refractivity contribution is -0.137. The second-order valence-corrected chi connectivity index (χ2v) is 4.35. The maximum Gasteiger partial charge on any atom is 0.417 e. The average Bonchev–Trinajstić information content (AvgIpc) is 2.56. The van der Waals surface area contributed by atoms with Crippen molar-refractivity contribution < 1.29 is 13.2 Å². The Morgan fingerprint density at radius 3 is 2.41 bits per heavy atom. The van der Waals surface area contributed by atoms with E-state index in [1.54, 1.807) is 23.9 Å². The third-order valence-corrected chi connectivity index (χ3v) is 2.70. The third-order valence-electron chi connectivity index (χ3n) is 2.32. The van der Waals surface area contributed by atoms with E-state index in [0.717, 1.165) is 6.07 Å². The van der Waals surface area contributed by atoms with E-state index in [4.69, 9.17) is 0 Å². The summed E-state index contributed by atoms with van der Waals surface area (Å²) in [5.41, 5.74) is -0.602.